The van der Waals surface area contributed by atoms with E-state index in [1.165, 1.54) is 0 Å². The van der Waals surface area contributed by atoms with Crippen LogP contribution in [-0.4, -0.2) is 103 Å². The average Bonchev–Trinajstić information content (AvgIpc) is 3.26. The molecule has 0 aromatic carbocycles. The first kappa shape index (κ1) is 26.8. The van der Waals surface area contributed by atoms with Gasteiger partial charge in [0.15, 0.2) is 0 Å². The van der Waals surface area contributed by atoms with Crippen LogP contribution in [0.15, 0.2) is 0 Å². The van der Waals surface area contributed by atoms with Gasteiger partial charge < -0.3 is 25.6 Å². The smallest absolute Gasteiger partial charge is 0.320 e. The standard InChI is InChI=1S/C29H48F2N6O2/c1-15(2)24-26-16(8-10-33-24)5-4-12-39-22-7-3-6-18(30)23(22)25-19(31)13-17-27(35-29(38)37(26)28(17)34-25)36-14-20-21(36)9-11-32-20/h15-28,32-34H,3-14H2,1-2H3,(H,35,38). The summed E-state index contributed by atoms with van der Waals surface area (Å²) in [6, 6.07) is 0.312. The van der Waals surface area contributed by atoms with E-state index in [0.29, 0.717) is 43.4 Å². The zero-order valence-electron chi connectivity index (χ0n) is 23.5. The van der Waals surface area contributed by atoms with Crippen LogP contribution in [0.3, 0.4) is 0 Å². The van der Waals surface area contributed by atoms with Gasteiger partial charge in [-0.2, -0.15) is 0 Å². The third kappa shape index (κ3) is 4.51. The highest BCUT2D eigenvalue weighted by molar-refractivity contribution is 5.76. The third-order valence-electron chi connectivity index (χ3n) is 11.4. The van der Waals surface area contributed by atoms with Crippen LogP contribution in [0.1, 0.15) is 65.2 Å². The highest BCUT2D eigenvalue weighted by Gasteiger charge is 2.59. The number of hydrogen-bond acceptors (Lipinski definition) is 6. The Morgan fingerprint density at radius 3 is 2.64 bits per heavy atom. The zero-order valence-corrected chi connectivity index (χ0v) is 23.5. The van der Waals surface area contributed by atoms with Crippen molar-refractivity contribution in [2.45, 2.75) is 126 Å². The number of urea groups is 1. The summed E-state index contributed by atoms with van der Waals surface area (Å²) in [6.07, 6.45) is 3.23. The lowest BCUT2D eigenvalue weighted by atomic mass is 9.72. The van der Waals surface area contributed by atoms with E-state index < -0.39 is 24.3 Å². The van der Waals surface area contributed by atoms with Crippen molar-refractivity contribution < 1.29 is 18.3 Å². The van der Waals surface area contributed by atoms with Gasteiger partial charge in [-0.1, -0.05) is 13.8 Å². The molecule has 0 spiro atoms. The molecule has 6 heterocycles. The van der Waals surface area contributed by atoms with Gasteiger partial charge in [0, 0.05) is 49.2 Å². The maximum absolute atomic E-state index is 16.3. The molecule has 2 bridgehead atoms. The Kier molecular flexibility index (Phi) is 7.31. The number of ether oxygens (including phenoxy) is 1. The predicted octanol–water partition coefficient (Wildman–Crippen LogP) is 2.35. The van der Waals surface area contributed by atoms with E-state index in [9.17, 15) is 4.79 Å². The van der Waals surface area contributed by atoms with E-state index in [4.69, 9.17) is 4.74 Å². The Morgan fingerprint density at radius 1 is 0.974 bits per heavy atom. The van der Waals surface area contributed by atoms with Crippen LogP contribution >= 0.6 is 0 Å². The minimum absolute atomic E-state index is 0.00319. The number of hydrogen-bond donors (Lipinski definition) is 4. The Morgan fingerprint density at radius 2 is 1.82 bits per heavy atom. The molecule has 6 aliphatic heterocycles. The Bertz CT molecular complexity index is 913. The largest absolute Gasteiger partial charge is 0.378 e. The fourth-order valence-electron chi connectivity index (χ4n) is 9.59. The minimum Gasteiger partial charge on any atom is -0.378 e. The highest BCUT2D eigenvalue weighted by atomic mass is 19.1. The fourth-order valence-corrected chi connectivity index (χ4v) is 9.59. The van der Waals surface area contributed by atoms with Crippen LogP contribution in [0.25, 0.3) is 0 Å². The molecule has 7 rings (SSSR count). The number of halogens is 2. The first-order chi connectivity index (χ1) is 18.9. The molecule has 1 aliphatic carbocycles. The lowest BCUT2D eigenvalue weighted by Gasteiger charge is -2.61. The molecule has 13 unspecified atom stereocenters. The summed E-state index contributed by atoms with van der Waals surface area (Å²) in [7, 11) is 0. The van der Waals surface area contributed by atoms with Gasteiger partial charge in [-0.05, 0) is 76.3 Å². The van der Waals surface area contributed by atoms with Crippen LogP contribution in [-0.2, 0) is 4.74 Å². The molecule has 220 valence electrons. The lowest BCUT2D eigenvalue weighted by molar-refractivity contribution is -0.127. The topological polar surface area (TPSA) is 80.9 Å². The average molecular weight is 551 g/mol. The van der Waals surface area contributed by atoms with Gasteiger partial charge in [0.2, 0.25) is 0 Å². The third-order valence-corrected chi connectivity index (χ3v) is 11.4. The number of fused-ring (bicyclic) bond motifs is 6. The lowest BCUT2D eigenvalue weighted by Crippen LogP contribution is -2.81. The summed E-state index contributed by atoms with van der Waals surface area (Å²) in [4.78, 5) is 18.7. The predicted molar refractivity (Wildman–Crippen MR) is 145 cm³/mol. The molecule has 0 aromatic heterocycles. The van der Waals surface area contributed by atoms with Crippen LogP contribution in [0.4, 0.5) is 13.6 Å². The Balaban J connectivity index is 1.27. The maximum Gasteiger partial charge on any atom is 0.320 e. The molecule has 7 aliphatic rings. The number of carbonyl (C=O) groups is 1. The van der Waals surface area contributed by atoms with Crippen molar-refractivity contribution in [3.05, 3.63) is 0 Å². The Labute approximate surface area is 231 Å². The molecule has 1 saturated carbocycles. The molecule has 6 saturated heterocycles. The zero-order chi connectivity index (χ0) is 26.8. The van der Waals surface area contributed by atoms with Crippen molar-refractivity contribution in [1.29, 1.82) is 0 Å². The molecule has 4 N–H and O–H groups in total. The molecule has 13 atom stereocenters. The second-order valence-electron chi connectivity index (χ2n) is 13.8. The van der Waals surface area contributed by atoms with Gasteiger partial charge in [0.05, 0.1) is 24.5 Å². The molecule has 0 radical (unpaired) electrons. The molecule has 7 fully saturated rings. The number of likely N-dealkylation sites (tertiary alicyclic amines) is 1. The monoisotopic (exact) mass is 550 g/mol. The van der Waals surface area contributed by atoms with E-state index in [0.717, 1.165) is 58.2 Å². The van der Waals surface area contributed by atoms with E-state index in [1.807, 2.05) is 0 Å². The molecule has 0 aromatic rings. The van der Waals surface area contributed by atoms with Crippen molar-refractivity contribution in [3.8, 4) is 0 Å². The number of piperidine rings is 2. The van der Waals surface area contributed by atoms with E-state index in [1.54, 1.807) is 0 Å². The molecule has 8 nitrogen and oxygen atoms in total. The SMILES string of the molecule is CC(C)C1NCCC2CCCOC3CCCC(F)C3C3NC4C(CC3F)C(N3CC5NCCC53)NC(=O)N4C21. The first-order valence-corrected chi connectivity index (χ1v) is 15.9. The summed E-state index contributed by atoms with van der Waals surface area (Å²) in [5, 5.41) is 14.4. The molecule has 39 heavy (non-hydrogen) atoms. The number of amides is 2. The summed E-state index contributed by atoms with van der Waals surface area (Å²) in [5.74, 6) is 0.0669. The fraction of sp³-hybridized carbons (Fsp3) is 0.966. The van der Waals surface area contributed by atoms with E-state index in [-0.39, 0.29) is 42.5 Å². The number of carbonyl (C=O) groups excluding carboxylic acids is 1. The molecular formula is C29H48F2N6O2. The number of nitrogens with zero attached hydrogens (tertiary/aromatic N) is 2. The summed E-state index contributed by atoms with van der Waals surface area (Å²) in [6.45, 7) is 7.84. The van der Waals surface area contributed by atoms with Crippen LogP contribution in [0.5, 0.6) is 0 Å². The van der Waals surface area contributed by atoms with Gasteiger partial charge in [-0.3, -0.25) is 10.2 Å². The number of rotatable bonds is 2. The van der Waals surface area contributed by atoms with Gasteiger partial charge >= 0.3 is 6.03 Å². The van der Waals surface area contributed by atoms with Crippen LogP contribution < -0.4 is 21.3 Å². The quantitative estimate of drug-likeness (QED) is 0.423. The Hall–Kier alpha value is -1.07. The molecule has 10 heteroatoms. The molecular weight excluding hydrogens is 502 g/mol. The van der Waals surface area contributed by atoms with Crippen molar-refractivity contribution in [3.63, 3.8) is 0 Å². The second kappa shape index (κ2) is 10.6. The normalized spacial score (nSPS) is 50.5. The number of alkyl halides is 2. The van der Waals surface area contributed by atoms with Gasteiger partial charge in [0.25, 0.3) is 0 Å². The van der Waals surface area contributed by atoms with Crippen molar-refractivity contribution in [2.75, 3.05) is 26.2 Å². The summed E-state index contributed by atoms with van der Waals surface area (Å²) in [5.41, 5.74) is 0. The van der Waals surface area contributed by atoms with E-state index >= 15 is 8.78 Å². The van der Waals surface area contributed by atoms with Gasteiger partial charge in [0.1, 0.15) is 12.3 Å². The highest BCUT2D eigenvalue weighted by Crippen LogP contribution is 2.44. The summed E-state index contributed by atoms with van der Waals surface area (Å²) >= 11 is 0. The minimum atomic E-state index is -1.18. The first-order valence-electron chi connectivity index (χ1n) is 15.9. The van der Waals surface area contributed by atoms with Gasteiger partial charge in [-0.25, -0.2) is 13.6 Å². The second-order valence-corrected chi connectivity index (χ2v) is 13.8. The number of nitrogens with one attached hydrogen (secondary N) is 4. The van der Waals surface area contributed by atoms with Gasteiger partial charge in [-0.15, -0.1) is 0 Å². The maximum atomic E-state index is 16.3. The molecule has 2 amide bonds. The van der Waals surface area contributed by atoms with Crippen molar-refractivity contribution in [2.24, 2.45) is 23.7 Å². The van der Waals surface area contributed by atoms with Crippen LogP contribution in [0, 0.1) is 23.7 Å². The van der Waals surface area contributed by atoms with E-state index in [2.05, 4.69) is 44.9 Å². The van der Waals surface area contributed by atoms with Crippen molar-refractivity contribution >= 4 is 6.03 Å². The van der Waals surface area contributed by atoms with Crippen molar-refractivity contribution in [1.82, 2.24) is 31.1 Å². The van der Waals surface area contributed by atoms with Crippen LogP contribution in [0.2, 0.25) is 0 Å². The summed E-state index contributed by atoms with van der Waals surface area (Å²) < 4.78 is 38.3.